The van der Waals surface area contributed by atoms with Gasteiger partial charge in [-0.3, -0.25) is 0 Å². The molecule has 2 saturated heterocycles. The van der Waals surface area contributed by atoms with Gasteiger partial charge in [-0.05, 0) is 0 Å². The van der Waals surface area contributed by atoms with E-state index in [1.807, 2.05) is 0 Å². The SMILES string of the molecule is C1CO[C@@H](COCC2CNC2)CO1.O=C(O)C(F)(F)F. The van der Waals surface area contributed by atoms with E-state index in [2.05, 4.69) is 5.32 Å². The van der Waals surface area contributed by atoms with Gasteiger partial charge in [-0.15, -0.1) is 0 Å². The van der Waals surface area contributed by atoms with Crippen LogP contribution in [-0.2, 0) is 19.0 Å². The van der Waals surface area contributed by atoms with E-state index in [-0.39, 0.29) is 6.10 Å². The van der Waals surface area contributed by atoms with Crippen LogP contribution in [0.3, 0.4) is 0 Å². The predicted molar refractivity (Wildman–Crippen MR) is 61.4 cm³/mol. The van der Waals surface area contributed by atoms with Gasteiger partial charge in [-0.2, -0.15) is 13.2 Å². The molecule has 20 heavy (non-hydrogen) atoms. The molecule has 0 aromatic carbocycles. The number of hydrogen-bond acceptors (Lipinski definition) is 5. The molecular formula is C11H18F3NO5. The maximum Gasteiger partial charge on any atom is 0.490 e. The second-order valence-electron chi connectivity index (χ2n) is 4.43. The lowest BCUT2D eigenvalue weighted by atomic mass is 10.1. The van der Waals surface area contributed by atoms with Gasteiger partial charge in [0, 0.05) is 19.0 Å². The van der Waals surface area contributed by atoms with Crippen molar-refractivity contribution in [1.29, 1.82) is 0 Å². The number of hydrogen-bond donors (Lipinski definition) is 2. The molecule has 0 amide bonds. The molecule has 0 spiro atoms. The molecule has 0 aromatic rings. The highest BCUT2D eigenvalue weighted by Gasteiger charge is 2.38. The molecule has 2 fully saturated rings. The van der Waals surface area contributed by atoms with Gasteiger partial charge in [-0.1, -0.05) is 0 Å². The molecule has 0 bridgehead atoms. The number of carboxylic acid groups (broad SMARTS) is 1. The minimum absolute atomic E-state index is 0.154. The molecule has 0 unspecified atom stereocenters. The molecule has 0 aromatic heterocycles. The minimum Gasteiger partial charge on any atom is -0.475 e. The molecule has 9 heteroatoms. The Morgan fingerprint density at radius 3 is 2.35 bits per heavy atom. The third-order valence-electron chi connectivity index (χ3n) is 2.65. The molecule has 2 aliphatic heterocycles. The fourth-order valence-corrected chi connectivity index (χ4v) is 1.47. The summed E-state index contributed by atoms with van der Waals surface area (Å²) in [6.45, 7) is 5.85. The van der Waals surface area contributed by atoms with Crippen LogP contribution in [0.1, 0.15) is 0 Å². The van der Waals surface area contributed by atoms with Crippen LogP contribution in [0.5, 0.6) is 0 Å². The van der Waals surface area contributed by atoms with E-state index in [4.69, 9.17) is 24.1 Å². The highest BCUT2D eigenvalue weighted by Crippen LogP contribution is 2.13. The summed E-state index contributed by atoms with van der Waals surface area (Å²) in [6, 6.07) is 0. The van der Waals surface area contributed by atoms with Gasteiger partial charge in [0.15, 0.2) is 0 Å². The van der Waals surface area contributed by atoms with Gasteiger partial charge in [0.1, 0.15) is 6.10 Å². The van der Waals surface area contributed by atoms with Crippen molar-refractivity contribution in [2.24, 2.45) is 5.92 Å². The normalized spacial score (nSPS) is 23.4. The van der Waals surface area contributed by atoms with Crippen LogP contribution in [0.4, 0.5) is 13.2 Å². The molecule has 2 rings (SSSR count). The van der Waals surface area contributed by atoms with Crippen molar-refractivity contribution >= 4 is 5.97 Å². The summed E-state index contributed by atoms with van der Waals surface area (Å²) < 4.78 is 48.0. The topological polar surface area (TPSA) is 77.0 Å². The molecule has 2 heterocycles. The maximum atomic E-state index is 10.6. The Bertz CT molecular complexity index is 290. The first-order chi connectivity index (χ1) is 9.39. The molecule has 2 aliphatic rings. The number of aliphatic carboxylic acids is 1. The van der Waals surface area contributed by atoms with Gasteiger partial charge in [0.05, 0.1) is 33.0 Å². The van der Waals surface area contributed by atoms with Crippen molar-refractivity contribution < 1.29 is 37.3 Å². The second kappa shape index (κ2) is 8.40. The van der Waals surface area contributed by atoms with Crippen LogP contribution < -0.4 is 5.32 Å². The van der Waals surface area contributed by atoms with Gasteiger partial charge < -0.3 is 24.6 Å². The maximum absolute atomic E-state index is 10.6. The Balaban J connectivity index is 0.000000246. The monoisotopic (exact) mass is 301 g/mol. The lowest BCUT2D eigenvalue weighted by molar-refractivity contribution is -0.192. The van der Waals surface area contributed by atoms with Crippen molar-refractivity contribution in [2.75, 3.05) is 46.1 Å². The second-order valence-corrected chi connectivity index (χ2v) is 4.43. The van der Waals surface area contributed by atoms with Crippen LogP contribution in [0.25, 0.3) is 0 Å². The Morgan fingerprint density at radius 2 is 1.95 bits per heavy atom. The van der Waals surface area contributed by atoms with Crippen LogP contribution >= 0.6 is 0 Å². The number of carboxylic acids is 1. The van der Waals surface area contributed by atoms with E-state index < -0.39 is 12.1 Å². The van der Waals surface area contributed by atoms with E-state index in [0.29, 0.717) is 25.7 Å². The number of nitrogens with one attached hydrogen (secondary N) is 1. The number of ether oxygens (including phenoxy) is 3. The highest BCUT2D eigenvalue weighted by atomic mass is 19.4. The summed E-state index contributed by atoms with van der Waals surface area (Å²) in [5.41, 5.74) is 0. The Morgan fingerprint density at radius 1 is 1.30 bits per heavy atom. The van der Waals surface area contributed by atoms with Gasteiger partial charge >= 0.3 is 12.1 Å². The standard InChI is InChI=1S/C9H17NO3.C2HF3O2/c1-2-13-9(6-11-1)7-12-5-8-3-10-4-8;3-2(4,5)1(6)7/h8-10H,1-7H2;(H,6,7)/t9-;/m1./s1. The molecule has 118 valence electrons. The van der Waals surface area contributed by atoms with Crippen molar-refractivity contribution in [1.82, 2.24) is 5.32 Å². The van der Waals surface area contributed by atoms with Gasteiger partial charge in [-0.25, -0.2) is 4.79 Å². The summed E-state index contributed by atoms with van der Waals surface area (Å²) >= 11 is 0. The quantitative estimate of drug-likeness (QED) is 0.776. The first-order valence-electron chi connectivity index (χ1n) is 6.17. The summed E-state index contributed by atoms with van der Waals surface area (Å²) in [6.07, 6.45) is -4.93. The molecule has 0 aliphatic carbocycles. The Hall–Kier alpha value is -0.900. The smallest absolute Gasteiger partial charge is 0.475 e. The number of alkyl halides is 3. The zero-order chi connectivity index (χ0) is 15.0. The number of halogens is 3. The van der Waals surface area contributed by atoms with E-state index >= 15 is 0 Å². The first kappa shape index (κ1) is 17.2. The van der Waals surface area contributed by atoms with Crippen LogP contribution in [0.2, 0.25) is 0 Å². The van der Waals surface area contributed by atoms with Gasteiger partial charge in [0.2, 0.25) is 0 Å². The zero-order valence-corrected chi connectivity index (χ0v) is 10.8. The summed E-state index contributed by atoms with van der Waals surface area (Å²) in [5, 5.41) is 10.3. The number of rotatable bonds is 4. The molecule has 6 nitrogen and oxygen atoms in total. The largest absolute Gasteiger partial charge is 0.490 e. The molecule has 1 atom stereocenters. The fraction of sp³-hybridized carbons (Fsp3) is 0.909. The third kappa shape index (κ3) is 7.04. The summed E-state index contributed by atoms with van der Waals surface area (Å²) in [5.74, 6) is -2.04. The van der Waals surface area contributed by atoms with Gasteiger partial charge in [0.25, 0.3) is 0 Å². The lowest BCUT2D eigenvalue weighted by Crippen LogP contribution is -2.45. The molecular weight excluding hydrogens is 283 g/mol. The fourth-order valence-electron chi connectivity index (χ4n) is 1.47. The highest BCUT2D eigenvalue weighted by molar-refractivity contribution is 5.73. The first-order valence-corrected chi connectivity index (χ1v) is 6.17. The van der Waals surface area contributed by atoms with Crippen molar-refractivity contribution in [3.63, 3.8) is 0 Å². The zero-order valence-electron chi connectivity index (χ0n) is 10.8. The minimum atomic E-state index is -5.08. The van der Waals surface area contributed by atoms with E-state index in [0.717, 1.165) is 26.3 Å². The molecule has 0 saturated carbocycles. The van der Waals surface area contributed by atoms with Crippen LogP contribution in [0.15, 0.2) is 0 Å². The average molecular weight is 301 g/mol. The van der Waals surface area contributed by atoms with Crippen molar-refractivity contribution in [3.8, 4) is 0 Å². The summed E-state index contributed by atoms with van der Waals surface area (Å²) in [4.78, 5) is 8.90. The van der Waals surface area contributed by atoms with E-state index in [9.17, 15) is 13.2 Å². The molecule has 2 N–H and O–H groups in total. The number of carbonyl (C=O) groups is 1. The van der Waals surface area contributed by atoms with E-state index in [1.54, 1.807) is 0 Å². The molecule has 0 radical (unpaired) electrons. The van der Waals surface area contributed by atoms with E-state index in [1.165, 1.54) is 0 Å². The van der Waals surface area contributed by atoms with Crippen molar-refractivity contribution in [3.05, 3.63) is 0 Å². The predicted octanol–water partition coefficient (Wildman–Crippen LogP) is 0.271. The Kier molecular flexibility index (Phi) is 7.20. The van der Waals surface area contributed by atoms with Crippen molar-refractivity contribution in [2.45, 2.75) is 12.3 Å². The van der Waals surface area contributed by atoms with Crippen LogP contribution in [0, 0.1) is 5.92 Å². The summed E-state index contributed by atoms with van der Waals surface area (Å²) in [7, 11) is 0. The Labute approximate surface area is 114 Å². The van der Waals surface area contributed by atoms with Crippen LogP contribution in [-0.4, -0.2) is 69.5 Å². The third-order valence-corrected chi connectivity index (χ3v) is 2.65. The average Bonchev–Trinajstić information content (AvgIpc) is 2.33. The lowest BCUT2D eigenvalue weighted by Gasteiger charge is -2.28.